The van der Waals surface area contributed by atoms with Gasteiger partial charge in [0.05, 0.1) is 11.9 Å². The molecule has 3 N–H and O–H groups in total. The Morgan fingerprint density at radius 2 is 1.76 bits per heavy atom. The molecule has 124 valence electrons. The van der Waals surface area contributed by atoms with E-state index in [1.807, 2.05) is 36.5 Å². The van der Waals surface area contributed by atoms with Gasteiger partial charge in [0.25, 0.3) is 0 Å². The SMILES string of the molecule is NC(=O)c1ccc(NC(=O)C=Cc2cnn(-c3ccccc3)c2)cc1. The van der Waals surface area contributed by atoms with E-state index in [1.54, 1.807) is 41.2 Å². The van der Waals surface area contributed by atoms with Crippen LogP contribution in [0.5, 0.6) is 0 Å². The van der Waals surface area contributed by atoms with Gasteiger partial charge in [-0.15, -0.1) is 0 Å². The molecule has 0 radical (unpaired) electrons. The summed E-state index contributed by atoms with van der Waals surface area (Å²) in [6.45, 7) is 0. The highest BCUT2D eigenvalue weighted by Gasteiger charge is 2.02. The van der Waals surface area contributed by atoms with Crippen LogP contribution in [0.4, 0.5) is 5.69 Å². The molecule has 0 bridgehead atoms. The van der Waals surface area contributed by atoms with Gasteiger partial charge in [-0.25, -0.2) is 4.68 Å². The van der Waals surface area contributed by atoms with Crippen LogP contribution in [-0.2, 0) is 4.79 Å². The van der Waals surface area contributed by atoms with Gasteiger partial charge < -0.3 is 11.1 Å². The number of para-hydroxylation sites is 1. The molecule has 0 unspecified atom stereocenters. The van der Waals surface area contributed by atoms with Crippen LogP contribution in [0.25, 0.3) is 11.8 Å². The Morgan fingerprint density at radius 1 is 1.04 bits per heavy atom. The van der Waals surface area contributed by atoms with Crippen molar-refractivity contribution >= 4 is 23.6 Å². The molecule has 25 heavy (non-hydrogen) atoms. The van der Waals surface area contributed by atoms with Crippen molar-refractivity contribution in [3.8, 4) is 5.69 Å². The fourth-order valence-electron chi connectivity index (χ4n) is 2.22. The highest BCUT2D eigenvalue weighted by atomic mass is 16.1. The Bertz CT molecular complexity index is 912. The van der Waals surface area contributed by atoms with Gasteiger partial charge in [-0.05, 0) is 42.5 Å². The topological polar surface area (TPSA) is 90.0 Å². The number of carbonyl (C=O) groups is 2. The Morgan fingerprint density at radius 3 is 2.44 bits per heavy atom. The number of nitrogens with one attached hydrogen (secondary N) is 1. The maximum atomic E-state index is 12.0. The van der Waals surface area contributed by atoms with Gasteiger partial charge >= 0.3 is 0 Å². The molecular weight excluding hydrogens is 316 g/mol. The third-order valence-corrected chi connectivity index (χ3v) is 3.49. The molecule has 6 heteroatoms. The van der Waals surface area contributed by atoms with Crippen molar-refractivity contribution in [3.63, 3.8) is 0 Å². The average Bonchev–Trinajstić information content (AvgIpc) is 3.10. The fraction of sp³-hybridized carbons (Fsp3) is 0. The zero-order valence-electron chi connectivity index (χ0n) is 13.3. The Hall–Kier alpha value is -3.67. The molecular formula is C19H16N4O2. The Labute approximate surface area is 144 Å². The third kappa shape index (κ3) is 4.20. The number of amides is 2. The Balaban J connectivity index is 1.63. The van der Waals surface area contributed by atoms with Gasteiger partial charge in [0.15, 0.2) is 0 Å². The van der Waals surface area contributed by atoms with Crippen molar-refractivity contribution in [3.05, 3.63) is 84.2 Å². The molecule has 0 aliphatic carbocycles. The largest absolute Gasteiger partial charge is 0.366 e. The van der Waals surface area contributed by atoms with Crippen LogP contribution >= 0.6 is 0 Å². The average molecular weight is 332 g/mol. The molecule has 0 atom stereocenters. The standard InChI is InChI=1S/C19H16N4O2/c20-19(25)15-7-9-16(10-8-15)22-18(24)11-6-14-12-21-23(13-14)17-4-2-1-3-5-17/h1-13H,(H2,20,25)(H,22,24). The normalized spacial score (nSPS) is 10.7. The van der Waals surface area contributed by atoms with E-state index in [0.29, 0.717) is 11.3 Å². The quantitative estimate of drug-likeness (QED) is 0.704. The fourth-order valence-corrected chi connectivity index (χ4v) is 2.22. The number of nitrogens with two attached hydrogens (primary N) is 1. The minimum absolute atomic E-state index is 0.278. The van der Waals surface area contributed by atoms with Gasteiger partial charge in [0, 0.05) is 29.1 Å². The summed E-state index contributed by atoms with van der Waals surface area (Å²) in [6, 6.07) is 16.1. The van der Waals surface area contributed by atoms with Gasteiger partial charge in [-0.1, -0.05) is 18.2 Å². The molecule has 2 aromatic carbocycles. The van der Waals surface area contributed by atoms with E-state index in [9.17, 15) is 9.59 Å². The van der Waals surface area contributed by atoms with E-state index < -0.39 is 5.91 Å². The van der Waals surface area contributed by atoms with Gasteiger partial charge in [0.2, 0.25) is 11.8 Å². The van der Waals surface area contributed by atoms with E-state index in [0.717, 1.165) is 11.3 Å². The maximum Gasteiger partial charge on any atom is 0.248 e. The molecule has 2 amide bonds. The zero-order chi connectivity index (χ0) is 17.6. The molecule has 0 aliphatic rings. The number of nitrogens with zero attached hydrogens (tertiary/aromatic N) is 2. The molecule has 1 heterocycles. The van der Waals surface area contributed by atoms with E-state index in [2.05, 4.69) is 10.4 Å². The van der Waals surface area contributed by atoms with Crippen molar-refractivity contribution < 1.29 is 9.59 Å². The smallest absolute Gasteiger partial charge is 0.248 e. The maximum absolute atomic E-state index is 12.0. The first-order valence-corrected chi connectivity index (χ1v) is 7.61. The minimum atomic E-state index is -0.506. The summed E-state index contributed by atoms with van der Waals surface area (Å²) < 4.78 is 1.74. The lowest BCUT2D eigenvalue weighted by Gasteiger charge is -2.02. The molecule has 0 aliphatic heterocycles. The molecule has 0 saturated heterocycles. The summed E-state index contributed by atoms with van der Waals surface area (Å²) >= 11 is 0. The summed E-state index contributed by atoms with van der Waals surface area (Å²) in [7, 11) is 0. The molecule has 0 saturated carbocycles. The van der Waals surface area contributed by atoms with Gasteiger partial charge in [-0.2, -0.15) is 5.10 Å². The summed E-state index contributed by atoms with van der Waals surface area (Å²) in [5.41, 5.74) is 7.90. The lowest BCUT2D eigenvalue weighted by atomic mass is 10.2. The van der Waals surface area contributed by atoms with Crippen LogP contribution in [0.15, 0.2) is 73.1 Å². The highest BCUT2D eigenvalue weighted by molar-refractivity contribution is 6.02. The van der Waals surface area contributed by atoms with Crippen molar-refractivity contribution in [1.29, 1.82) is 0 Å². The van der Waals surface area contributed by atoms with Crippen LogP contribution in [0.2, 0.25) is 0 Å². The number of primary amides is 1. The van der Waals surface area contributed by atoms with Crippen molar-refractivity contribution in [2.45, 2.75) is 0 Å². The summed E-state index contributed by atoms with van der Waals surface area (Å²) in [6.07, 6.45) is 6.62. The molecule has 0 spiro atoms. The van der Waals surface area contributed by atoms with Gasteiger partial charge in [-0.3, -0.25) is 9.59 Å². The first-order chi connectivity index (χ1) is 12.1. The van der Waals surface area contributed by atoms with Crippen molar-refractivity contribution in [2.24, 2.45) is 5.73 Å². The summed E-state index contributed by atoms with van der Waals surface area (Å²) in [5.74, 6) is -0.785. The van der Waals surface area contributed by atoms with Crippen LogP contribution in [0, 0.1) is 0 Å². The minimum Gasteiger partial charge on any atom is -0.366 e. The van der Waals surface area contributed by atoms with Crippen LogP contribution < -0.4 is 11.1 Å². The van der Waals surface area contributed by atoms with E-state index >= 15 is 0 Å². The first-order valence-electron chi connectivity index (χ1n) is 7.61. The van der Waals surface area contributed by atoms with Crippen molar-refractivity contribution in [1.82, 2.24) is 9.78 Å². The molecule has 3 aromatic rings. The number of hydrogen-bond donors (Lipinski definition) is 2. The molecule has 1 aromatic heterocycles. The molecule has 6 nitrogen and oxygen atoms in total. The molecule has 3 rings (SSSR count). The number of benzene rings is 2. The third-order valence-electron chi connectivity index (χ3n) is 3.49. The number of carbonyl (C=O) groups excluding carboxylic acids is 2. The number of hydrogen-bond acceptors (Lipinski definition) is 3. The summed E-state index contributed by atoms with van der Waals surface area (Å²) in [5, 5.41) is 6.98. The second-order valence-electron chi connectivity index (χ2n) is 5.32. The molecule has 0 fully saturated rings. The monoisotopic (exact) mass is 332 g/mol. The predicted molar refractivity (Wildman–Crippen MR) is 96.2 cm³/mol. The zero-order valence-corrected chi connectivity index (χ0v) is 13.3. The van der Waals surface area contributed by atoms with E-state index in [-0.39, 0.29) is 5.91 Å². The number of anilines is 1. The second-order valence-corrected chi connectivity index (χ2v) is 5.32. The van der Waals surface area contributed by atoms with Crippen LogP contribution in [-0.4, -0.2) is 21.6 Å². The van der Waals surface area contributed by atoms with Crippen LogP contribution in [0.3, 0.4) is 0 Å². The lowest BCUT2D eigenvalue weighted by molar-refractivity contribution is -0.111. The van der Waals surface area contributed by atoms with Gasteiger partial charge in [0.1, 0.15) is 0 Å². The number of rotatable bonds is 5. The van der Waals surface area contributed by atoms with E-state index in [1.165, 1.54) is 6.08 Å². The van der Waals surface area contributed by atoms with Crippen LogP contribution in [0.1, 0.15) is 15.9 Å². The van der Waals surface area contributed by atoms with Crippen molar-refractivity contribution in [2.75, 3.05) is 5.32 Å². The number of aromatic nitrogens is 2. The van der Waals surface area contributed by atoms with E-state index in [4.69, 9.17) is 5.73 Å². The second kappa shape index (κ2) is 7.27. The first kappa shape index (κ1) is 16.2. The Kier molecular flexibility index (Phi) is 4.71. The lowest BCUT2D eigenvalue weighted by Crippen LogP contribution is -2.11. The predicted octanol–water partition coefficient (Wildman–Crippen LogP) is 2.62. The summed E-state index contributed by atoms with van der Waals surface area (Å²) in [4.78, 5) is 23.0. The highest BCUT2D eigenvalue weighted by Crippen LogP contribution is 2.11.